The lowest BCUT2D eigenvalue weighted by Crippen LogP contribution is -2.00. The zero-order valence-corrected chi connectivity index (χ0v) is 13.8. The van der Waals surface area contributed by atoms with E-state index in [1.165, 1.54) is 16.7 Å². The van der Waals surface area contributed by atoms with Gasteiger partial charge in [-0.1, -0.05) is 39.7 Å². The molecule has 106 valence electrons. The van der Waals surface area contributed by atoms with Crippen molar-refractivity contribution >= 4 is 15.9 Å². The van der Waals surface area contributed by atoms with Crippen LogP contribution in [0.2, 0.25) is 0 Å². The first-order chi connectivity index (χ1) is 9.56. The highest BCUT2D eigenvalue weighted by atomic mass is 79.9. The van der Waals surface area contributed by atoms with Crippen LogP contribution >= 0.6 is 15.9 Å². The van der Waals surface area contributed by atoms with Gasteiger partial charge in [0.15, 0.2) is 0 Å². The van der Waals surface area contributed by atoms with Crippen LogP contribution in [-0.2, 0) is 0 Å². The Morgan fingerprint density at radius 2 is 1.65 bits per heavy atom. The van der Waals surface area contributed by atoms with Crippen LogP contribution in [0.15, 0.2) is 36.4 Å². The molecule has 2 aromatic carbocycles. The third-order valence-electron chi connectivity index (χ3n) is 3.42. The van der Waals surface area contributed by atoms with Gasteiger partial charge in [0.05, 0.1) is 19.0 Å². The first kappa shape index (κ1) is 14.9. The minimum absolute atomic E-state index is 0.0763. The molecule has 0 heterocycles. The fraction of sp³-hybridized carbons (Fsp3) is 0.294. The molecule has 0 saturated carbocycles. The van der Waals surface area contributed by atoms with Gasteiger partial charge in [0.2, 0.25) is 0 Å². The summed E-state index contributed by atoms with van der Waals surface area (Å²) in [7, 11) is 3.36. The molecule has 0 radical (unpaired) electrons. The monoisotopic (exact) mass is 334 g/mol. The number of halogens is 1. The zero-order valence-electron chi connectivity index (χ0n) is 12.2. The third kappa shape index (κ3) is 2.98. The number of ether oxygens (including phenoxy) is 2. The van der Waals surface area contributed by atoms with Gasteiger partial charge in [-0.2, -0.15) is 0 Å². The predicted molar refractivity (Wildman–Crippen MR) is 86.2 cm³/mol. The van der Waals surface area contributed by atoms with Crippen molar-refractivity contribution in [1.29, 1.82) is 0 Å². The molecule has 2 nitrogen and oxygen atoms in total. The maximum absolute atomic E-state index is 5.47. The summed E-state index contributed by atoms with van der Waals surface area (Å²) in [5, 5.41) is 0. The smallest absolute Gasteiger partial charge is 0.123 e. The Morgan fingerprint density at radius 3 is 2.30 bits per heavy atom. The highest BCUT2D eigenvalue weighted by molar-refractivity contribution is 9.09. The molecule has 3 heteroatoms. The van der Waals surface area contributed by atoms with Crippen molar-refractivity contribution < 1.29 is 9.47 Å². The van der Waals surface area contributed by atoms with Gasteiger partial charge in [0, 0.05) is 5.56 Å². The molecule has 0 aliphatic rings. The van der Waals surface area contributed by atoms with E-state index in [9.17, 15) is 0 Å². The van der Waals surface area contributed by atoms with Crippen LogP contribution in [0, 0.1) is 13.8 Å². The maximum atomic E-state index is 5.47. The summed E-state index contributed by atoms with van der Waals surface area (Å²) >= 11 is 3.80. The third-order valence-corrected chi connectivity index (χ3v) is 4.40. The summed E-state index contributed by atoms with van der Waals surface area (Å²) in [5.41, 5.74) is 4.82. The van der Waals surface area contributed by atoms with E-state index in [1.54, 1.807) is 14.2 Å². The summed E-state index contributed by atoms with van der Waals surface area (Å²) in [4.78, 5) is 0.0763. The summed E-state index contributed by atoms with van der Waals surface area (Å²) in [6.45, 7) is 4.22. The Morgan fingerprint density at radius 1 is 0.900 bits per heavy atom. The lowest BCUT2D eigenvalue weighted by molar-refractivity contribution is 0.399. The van der Waals surface area contributed by atoms with E-state index in [-0.39, 0.29) is 4.83 Å². The van der Waals surface area contributed by atoms with Gasteiger partial charge in [-0.05, 0) is 43.2 Å². The lowest BCUT2D eigenvalue weighted by atomic mass is 9.98. The second-order valence-electron chi connectivity index (χ2n) is 4.83. The van der Waals surface area contributed by atoms with Gasteiger partial charge in [-0.15, -0.1) is 0 Å². The Labute approximate surface area is 128 Å². The summed E-state index contributed by atoms with van der Waals surface area (Å²) < 4.78 is 10.8. The summed E-state index contributed by atoms with van der Waals surface area (Å²) in [6.07, 6.45) is 0. The summed E-state index contributed by atoms with van der Waals surface area (Å²) in [5.74, 6) is 1.68. The average molecular weight is 335 g/mol. The number of aryl methyl sites for hydroxylation is 2. The standard InChI is InChI=1S/C17H19BrO2/c1-11-5-6-12(2)14(9-11)17(18)15-10-13(19-3)7-8-16(15)20-4/h5-10,17H,1-4H3. The molecule has 0 aliphatic heterocycles. The van der Waals surface area contributed by atoms with E-state index in [1.807, 2.05) is 18.2 Å². The first-order valence-corrected chi connectivity index (χ1v) is 7.41. The second kappa shape index (κ2) is 6.31. The number of methoxy groups -OCH3 is 2. The largest absolute Gasteiger partial charge is 0.497 e. The fourth-order valence-corrected chi connectivity index (χ4v) is 3.09. The lowest BCUT2D eigenvalue weighted by Gasteiger charge is -2.18. The van der Waals surface area contributed by atoms with Crippen LogP contribution in [0.25, 0.3) is 0 Å². The molecule has 0 aromatic heterocycles. The molecule has 1 unspecified atom stereocenters. The molecule has 0 N–H and O–H groups in total. The molecule has 1 atom stereocenters. The molecule has 0 amide bonds. The molecule has 2 rings (SSSR count). The van der Waals surface area contributed by atoms with E-state index < -0.39 is 0 Å². The van der Waals surface area contributed by atoms with Crippen LogP contribution in [0.1, 0.15) is 27.1 Å². The molecule has 20 heavy (non-hydrogen) atoms. The van der Waals surface area contributed by atoms with Gasteiger partial charge in [0.1, 0.15) is 11.5 Å². The van der Waals surface area contributed by atoms with Crippen LogP contribution in [0.4, 0.5) is 0 Å². The van der Waals surface area contributed by atoms with Crippen LogP contribution in [0.5, 0.6) is 11.5 Å². The van der Waals surface area contributed by atoms with Crippen molar-refractivity contribution in [2.75, 3.05) is 14.2 Å². The first-order valence-electron chi connectivity index (χ1n) is 6.50. The zero-order chi connectivity index (χ0) is 14.7. The predicted octanol–water partition coefficient (Wildman–Crippen LogP) is 4.80. The Bertz CT molecular complexity index is 608. The average Bonchev–Trinajstić information content (AvgIpc) is 2.48. The molecule has 0 bridgehead atoms. The number of benzene rings is 2. The van der Waals surface area contributed by atoms with Crippen molar-refractivity contribution in [3.63, 3.8) is 0 Å². The topological polar surface area (TPSA) is 18.5 Å². The number of rotatable bonds is 4. The minimum Gasteiger partial charge on any atom is -0.497 e. The van der Waals surface area contributed by atoms with Crippen LogP contribution < -0.4 is 9.47 Å². The molecule has 0 aliphatic carbocycles. The quantitative estimate of drug-likeness (QED) is 0.747. The van der Waals surface area contributed by atoms with Crippen molar-refractivity contribution in [3.8, 4) is 11.5 Å². The van der Waals surface area contributed by atoms with Gasteiger partial charge in [-0.25, -0.2) is 0 Å². The van der Waals surface area contributed by atoms with Crippen LogP contribution in [0.3, 0.4) is 0 Å². The van der Waals surface area contributed by atoms with Crippen molar-refractivity contribution in [1.82, 2.24) is 0 Å². The van der Waals surface area contributed by atoms with Gasteiger partial charge in [0.25, 0.3) is 0 Å². The van der Waals surface area contributed by atoms with E-state index in [2.05, 4.69) is 48.0 Å². The molecule has 0 fully saturated rings. The van der Waals surface area contributed by atoms with E-state index >= 15 is 0 Å². The van der Waals surface area contributed by atoms with Crippen LogP contribution in [-0.4, -0.2) is 14.2 Å². The minimum atomic E-state index is 0.0763. The molecular weight excluding hydrogens is 316 g/mol. The second-order valence-corrected chi connectivity index (χ2v) is 5.75. The van der Waals surface area contributed by atoms with E-state index in [0.717, 1.165) is 17.1 Å². The van der Waals surface area contributed by atoms with Crippen molar-refractivity contribution in [3.05, 3.63) is 58.7 Å². The normalized spacial score (nSPS) is 12.1. The van der Waals surface area contributed by atoms with E-state index in [4.69, 9.17) is 9.47 Å². The van der Waals surface area contributed by atoms with Gasteiger partial charge in [-0.3, -0.25) is 0 Å². The molecule has 2 aromatic rings. The molecular formula is C17H19BrO2. The Balaban J connectivity index is 2.51. The Hall–Kier alpha value is -1.48. The number of alkyl halides is 1. The number of hydrogen-bond donors (Lipinski definition) is 0. The number of hydrogen-bond acceptors (Lipinski definition) is 2. The highest BCUT2D eigenvalue weighted by Gasteiger charge is 2.18. The molecule has 0 saturated heterocycles. The molecule has 0 spiro atoms. The SMILES string of the molecule is COc1ccc(OC)c(C(Br)c2cc(C)ccc2C)c1. The van der Waals surface area contributed by atoms with Crippen molar-refractivity contribution in [2.24, 2.45) is 0 Å². The summed E-state index contributed by atoms with van der Waals surface area (Å²) in [6, 6.07) is 12.3. The van der Waals surface area contributed by atoms with E-state index in [0.29, 0.717) is 0 Å². The maximum Gasteiger partial charge on any atom is 0.123 e. The van der Waals surface area contributed by atoms with Crippen molar-refractivity contribution in [2.45, 2.75) is 18.7 Å². The fourth-order valence-electron chi connectivity index (χ4n) is 2.24. The Kier molecular flexibility index (Phi) is 4.71. The van der Waals surface area contributed by atoms with Gasteiger partial charge >= 0.3 is 0 Å². The van der Waals surface area contributed by atoms with Gasteiger partial charge < -0.3 is 9.47 Å². The highest BCUT2D eigenvalue weighted by Crippen LogP contribution is 2.39.